The first-order valence-electron chi connectivity index (χ1n) is 6.45. The van der Waals surface area contributed by atoms with Gasteiger partial charge in [-0.2, -0.15) is 13.2 Å². The van der Waals surface area contributed by atoms with Gasteiger partial charge in [0, 0.05) is 6.54 Å². The molecule has 1 fully saturated rings. The van der Waals surface area contributed by atoms with E-state index in [1.165, 1.54) is 11.3 Å². The molecule has 0 spiro atoms. The van der Waals surface area contributed by atoms with Crippen molar-refractivity contribution in [3.8, 4) is 0 Å². The quantitative estimate of drug-likeness (QED) is 0.815. The molecule has 17 heavy (non-hydrogen) atoms. The van der Waals surface area contributed by atoms with Crippen molar-refractivity contribution in [1.29, 1.82) is 0 Å². The maximum Gasteiger partial charge on any atom is 0.401 e. The second kappa shape index (κ2) is 6.59. The van der Waals surface area contributed by atoms with Gasteiger partial charge in [0.05, 0.1) is 6.54 Å². The molecule has 0 aromatic carbocycles. The summed E-state index contributed by atoms with van der Waals surface area (Å²) in [4.78, 5) is 1.50. The number of halogens is 3. The summed E-state index contributed by atoms with van der Waals surface area (Å²) in [5.74, 6) is 0.752. The number of alkyl halides is 3. The van der Waals surface area contributed by atoms with E-state index < -0.39 is 12.7 Å². The Bertz CT molecular complexity index is 218. The summed E-state index contributed by atoms with van der Waals surface area (Å²) in [7, 11) is 0. The normalized spacial score (nSPS) is 26.5. The number of nitrogens with zero attached hydrogens (tertiary/aromatic N) is 1. The molecule has 0 aromatic rings. The summed E-state index contributed by atoms with van der Waals surface area (Å²) in [5, 5.41) is 0. The summed E-state index contributed by atoms with van der Waals surface area (Å²) >= 11 is 0. The highest BCUT2D eigenvalue weighted by Crippen LogP contribution is 2.30. The first kappa shape index (κ1) is 14.8. The van der Waals surface area contributed by atoms with E-state index in [4.69, 9.17) is 5.73 Å². The summed E-state index contributed by atoms with van der Waals surface area (Å²) < 4.78 is 37.1. The highest BCUT2D eigenvalue weighted by atomic mass is 19.4. The largest absolute Gasteiger partial charge is 0.401 e. The van der Waals surface area contributed by atoms with Crippen LogP contribution < -0.4 is 5.73 Å². The Morgan fingerprint density at radius 1 is 1.18 bits per heavy atom. The van der Waals surface area contributed by atoms with Crippen LogP contribution in [0.3, 0.4) is 0 Å². The Morgan fingerprint density at radius 2 is 1.76 bits per heavy atom. The first-order chi connectivity index (χ1) is 7.96. The zero-order valence-electron chi connectivity index (χ0n) is 10.5. The molecule has 0 bridgehead atoms. The van der Waals surface area contributed by atoms with Crippen LogP contribution in [0.15, 0.2) is 0 Å². The number of nitrogens with two attached hydrogens (primary N) is 1. The van der Waals surface area contributed by atoms with Crippen LogP contribution in [0.25, 0.3) is 0 Å². The molecule has 1 aliphatic carbocycles. The van der Waals surface area contributed by atoms with Crippen LogP contribution in [-0.2, 0) is 0 Å². The van der Waals surface area contributed by atoms with Gasteiger partial charge in [-0.25, -0.2) is 0 Å². The summed E-state index contributed by atoms with van der Waals surface area (Å²) in [6.07, 6.45) is 0.304. The van der Waals surface area contributed by atoms with Crippen LogP contribution in [0.5, 0.6) is 0 Å². The summed E-state index contributed by atoms with van der Waals surface area (Å²) in [5.41, 5.74) is 5.70. The fourth-order valence-electron chi connectivity index (χ4n) is 2.73. The fraction of sp³-hybridized carbons (Fsp3) is 1.00. The lowest BCUT2D eigenvalue weighted by atomic mass is 9.79. The van der Waals surface area contributed by atoms with E-state index in [-0.39, 0.29) is 0 Å². The number of hydrogen-bond donors (Lipinski definition) is 1. The molecule has 5 heteroatoms. The summed E-state index contributed by atoms with van der Waals surface area (Å²) in [6, 6.07) is 0. The molecule has 0 amide bonds. The lowest BCUT2D eigenvalue weighted by Crippen LogP contribution is -2.41. The van der Waals surface area contributed by atoms with Gasteiger partial charge < -0.3 is 5.73 Å². The van der Waals surface area contributed by atoms with Gasteiger partial charge in [0.25, 0.3) is 0 Å². The molecule has 2 atom stereocenters. The second-order valence-corrected chi connectivity index (χ2v) is 4.98. The molecular weight excluding hydrogens is 229 g/mol. The Kier molecular flexibility index (Phi) is 5.73. The van der Waals surface area contributed by atoms with Crippen molar-refractivity contribution < 1.29 is 13.2 Å². The number of rotatable bonds is 5. The van der Waals surface area contributed by atoms with Crippen LogP contribution in [0.2, 0.25) is 0 Å². The molecule has 2 nitrogen and oxygen atoms in total. The summed E-state index contributed by atoms with van der Waals surface area (Å²) in [6.45, 7) is 2.59. The van der Waals surface area contributed by atoms with Crippen molar-refractivity contribution in [2.24, 2.45) is 17.6 Å². The van der Waals surface area contributed by atoms with Gasteiger partial charge in [-0.3, -0.25) is 4.90 Å². The van der Waals surface area contributed by atoms with Gasteiger partial charge in [0.2, 0.25) is 0 Å². The molecule has 1 aliphatic rings. The maximum absolute atomic E-state index is 12.4. The van der Waals surface area contributed by atoms with Gasteiger partial charge in [0.15, 0.2) is 0 Å². The van der Waals surface area contributed by atoms with Gasteiger partial charge >= 0.3 is 6.18 Å². The molecule has 0 aromatic heterocycles. The van der Waals surface area contributed by atoms with Crippen LogP contribution >= 0.6 is 0 Å². The topological polar surface area (TPSA) is 29.3 Å². The third-order valence-corrected chi connectivity index (χ3v) is 3.71. The van der Waals surface area contributed by atoms with Crippen molar-refractivity contribution in [2.75, 3.05) is 26.2 Å². The van der Waals surface area contributed by atoms with Crippen LogP contribution in [0.4, 0.5) is 13.2 Å². The monoisotopic (exact) mass is 252 g/mol. The molecule has 2 N–H and O–H groups in total. The Balaban J connectivity index is 2.48. The molecule has 2 unspecified atom stereocenters. The minimum absolute atomic E-state index is 0.344. The van der Waals surface area contributed by atoms with E-state index in [2.05, 4.69) is 0 Å². The molecule has 1 saturated carbocycles. The Labute approximate surface area is 101 Å². The first-order valence-corrected chi connectivity index (χ1v) is 6.45. The lowest BCUT2D eigenvalue weighted by Gasteiger charge is -2.35. The van der Waals surface area contributed by atoms with Crippen molar-refractivity contribution in [3.05, 3.63) is 0 Å². The predicted molar refractivity (Wildman–Crippen MR) is 62.7 cm³/mol. The van der Waals surface area contributed by atoms with E-state index >= 15 is 0 Å². The van der Waals surface area contributed by atoms with E-state index in [1.807, 2.05) is 0 Å². The van der Waals surface area contributed by atoms with E-state index in [0.717, 1.165) is 19.3 Å². The zero-order valence-corrected chi connectivity index (χ0v) is 10.5. The molecule has 0 saturated heterocycles. The highest BCUT2D eigenvalue weighted by Gasteiger charge is 2.32. The molecular formula is C12H23F3N2. The Hall–Kier alpha value is -0.290. The van der Waals surface area contributed by atoms with Crippen LogP contribution in [0.1, 0.15) is 32.6 Å². The van der Waals surface area contributed by atoms with Crippen LogP contribution in [0, 0.1) is 11.8 Å². The van der Waals surface area contributed by atoms with Crippen molar-refractivity contribution in [1.82, 2.24) is 4.90 Å². The molecule has 0 aliphatic heterocycles. The zero-order chi connectivity index (χ0) is 12.9. The molecule has 0 radical (unpaired) electrons. The van der Waals surface area contributed by atoms with Crippen molar-refractivity contribution in [3.63, 3.8) is 0 Å². The van der Waals surface area contributed by atoms with Gasteiger partial charge in [-0.1, -0.05) is 19.8 Å². The average Bonchev–Trinajstić information content (AvgIpc) is 2.27. The Morgan fingerprint density at radius 3 is 2.24 bits per heavy atom. The van der Waals surface area contributed by atoms with Gasteiger partial charge in [0.1, 0.15) is 0 Å². The lowest BCUT2D eigenvalue weighted by molar-refractivity contribution is -0.147. The van der Waals surface area contributed by atoms with E-state index in [0.29, 0.717) is 31.5 Å². The standard InChI is InChI=1S/C12H23F3N2/c1-2-17(9-12(13,14)15)8-11-6-4-3-5-10(11)7-16/h10-11H,2-9,16H2,1H3. The van der Waals surface area contributed by atoms with Gasteiger partial charge in [-0.15, -0.1) is 0 Å². The molecule has 1 rings (SSSR count). The predicted octanol–water partition coefficient (Wildman–Crippen LogP) is 2.64. The highest BCUT2D eigenvalue weighted by molar-refractivity contribution is 4.79. The SMILES string of the molecule is CCN(CC1CCCCC1CN)CC(F)(F)F. The third kappa shape index (κ3) is 5.25. The van der Waals surface area contributed by atoms with Crippen molar-refractivity contribution in [2.45, 2.75) is 38.8 Å². The van der Waals surface area contributed by atoms with E-state index in [1.54, 1.807) is 6.92 Å². The minimum atomic E-state index is -4.09. The van der Waals surface area contributed by atoms with Crippen LogP contribution in [-0.4, -0.2) is 37.3 Å². The molecule has 0 heterocycles. The fourth-order valence-corrected chi connectivity index (χ4v) is 2.73. The second-order valence-electron chi connectivity index (χ2n) is 4.98. The van der Waals surface area contributed by atoms with Gasteiger partial charge in [-0.05, 0) is 37.8 Å². The average molecular weight is 252 g/mol. The van der Waals surface area contributed by atoms with Crippen molar-refractivity contribution >= 4 is 0 Å². The number of hydrogen-bond acceptors (Lipinski definition) is 2. The van der Waals surface area contributed by atoms with E-state index in [9.17, 15) is 13.2 Å². The maximum atomic E-state index is 12.4. The molecule has 102 valence electrons. The smallest absolute Gasteiger partial charge is 0.330 e. The minimum Gasteiger partial charge on any atom is -0.330 e. The third-order valence-electron chi connectivity index (χ3n) is 3.71.